The molecule has 1 aliphatic rings. The number of aliphatic carboxylic acids is 1. The Labute approximate surface area is 118 Å². The molecule has 5 nitrogen and oxygen atoms in total. The molecule has 0 aliphatic carbocycles. The second kappa shape index (κ2) is 5.88. The molecule has 0 aromatic heterocycles. The molecule has 0 saturated carbocycles. The summed E-state index contributed by atoms with van der Waals surface area (Å²) < 4.78 is 0. The molecule has 1 heterocycles. The summed E-state index contributed by atoms with van der Waals surface area (Å²) in [7, 11) is 3.92. The van der Waals surface area contributed by atoms with Crippen LogP contribution in [0.4, 0.5) is 0 Å². The minimum atomic E-state index is -1.00. The Balaban J connectivity index is 2.19. The highest BCUT2D eigenvalue weighted by molar-refractivity contribution is 5.97. The summed E-state index contributed by atoms with van der Waals surface area (Å²) in [6.45, 7) is 1.08. The van der Waals surface area contributed by atoms with E-state index in [0.29, 0.717) is 12.1 Å². The average molecular weight is 274 g/mol. The number of rotatable bonds is 4. The zero-order chi connectivity index (χ0) is 14.7. The predicted octanol–water partition coefficient (Wildman–Crippen LogP) is 1.21. The topological polar surface area (TPSA) is 60.9 Å². The Morgan fingerprint density at radius 3 is 2.80 bits per heavy atom. The van der Waals surface area contributed by atoms with Gasteiger partial charge in [0, 0.05) is 18.7 Å². The monoisotopic (exact) mass is 274 g/mol. The molecular formula is C15H18N2O3. The molecule has 1 N–H and O–H groups in total. The lowest BCUT2D eigenvalue weighted by molar-refractivity contribution is -0.140. The number of carboxylic acids is 1. The van der Waals surface area contributed by atoms with Crippen molar-refractivity contribution in [2.24, 2.45) is 0 Å². The van der Waals surface area contributed by atoms with Crippen LogP contribution >= 0.6 is 0 Å². The van der Waals surface area contributed by atoms with Crippen molar-refractivity contribution < 1.29 is 14.7 Å². The molecule has 1 atom stereocenters. The molecular weight excluding hydrogens is 256 g/mol. The second-order valence-electron chi connectivity index (χ2n) is 5.11. The normalized spacial score (nSPS) is 17.8. The number of nitrogens with zero attached hydrogens (tertiary/aromatic N) is 2. The Morgan fingerprint density at radius 2 is 2.15 bits per heavy atom. The van der Waals surface area contributed by atoms with Crippen LogP contribution in [0.15, 0.2) is 36.4 Å². The van der Waals surface area contributed by atoms with Crippen molar-refractivity contribution in [3.8, 4) is 0 Å². The van der Waals surface area contributed by atoms with Crippen molar-refractivity contribution in [3.05, 3.63) is 47.5 Å². The van der Waals surface area contributed by atoms with Gasteiger partial charge in [0.25, 0.3) is 5.91 Å². The lowest BCUT2D eigenvalue weighted by atomic mass is 10.1. The van der Waals surface area contributed by atoms with Crippen molar-refractivity contribution >= 4 is 11.9 Å². The fourth-order valence-corrected chi connectivity index (χ4v) is 2.28. The van der Waals surface area contributed by atoms with Crippen LogP contribution in [0.25, 0.3) is 0 Å². The molecule has 0 saturated heterocycles. The molecule has 0 bridgehead atoms. The minimum Gasteiger partial charge on any atom is -0.479 e. The van der Waals surface area contributed by atoms with E-state index < -0.39 is 12.0 Å². The van der Waals surface area contributed by atoms with Crippen LogP contribution in [0, 0.1) is 0 Å². The quantitative estimate of drug-likeness (QED) is 0.838. The van der Waals surface area contributed by atoms with Crippen molar-refractivity contribution in [1.82, 2.24) is 9.80 Å². The standard InChI is InChI=1S/C15H18N2O3/c1-16(2)10-11-5-3-6-12(9-11)14(18)17-8-4-7-13(17)15(19)20/h3-7,9,13H,8,10H2,1-2H3,(H,19,20)/t13-/m0/s1. The third-order valence-electron chi connectivity index (χ3n) is 3.14. The van der Waals surface area contributed by atoms with Gasteiger partial charge in [-0.15, -0.1) is 0 Å². The van der Waals surface area contributed by atoms with E-state index in [4.69, 9.17) is 5.11 Å². The first-order valence-electron chi connectivity index (χ1n) is 6.43. The molecule has 1 aromatic rings. The molecule has 0 fully saturated rings. The van der Waals surface area contributed by atoms with Crippen molar-refractivity contribution in [2.75, 3.05) is 20.6 Å². The number of benzene rings is 1. The van der Waals surface area contributed by atoms with Crippen LogP contribution in [0.1, 0.15) is 15.9 Å². The van der Waals surface area contributed by atoms with Gasteiger partial charge in [-0.1, -0.05) is 24.3 Å². The fraction of sp³-hybridized carbons (Fsp3) is 0.333. The Hall–Kier alpha value is -2.14. The van der Waals surface area contributed by atoms with Crippen LogP contribution in [0.3, 0.4) is 0 Å². The summed E-state index contributed by atoms with van der Waals surface area (Å²) in [6, 6.07) is 6.46. The van der Waals surface area contributed by atoms with E-state index in [2.05, 4.69) is 0 Å². The fourth-order valence-electron chi connectivity index (χ4n) is 2.28. The molecule has 1 amide bonds. The Morgan fingerprint density at radius 1 is 1.40 bits per heavy atom. The summed E-state index contributed by atoms with van der Waals surface area (Å²) in [5.74, 6) is -1.25. The minimum absolute atomic E-state index is 0.247. The van der Waals surface area contributed by atoms with Crippen molar-refractivity contribution in [3.63, 3.8) is 0 Å². The lowest BCUT2D eigenvalue weighted by Crippen LogP contribution is -2.40. The number of hydrogen-bond donors (Lipinski definition) is 1. The molecule has 1 aliphatic heterocycles. The van der Waals surface area contributed by atoms with Gasteiger partial charge in [-0.3, -0.25) is 4.79 Å². The van der Waals surface area contributed by atoms with Gasteiger partial charge >= 0.3 is 5.97 Å². The van der Waals surface area contributed by atoms with Gasteiger partial charge in [0.15, 0.2) is 0 Å². The number of carbonyl (C=O) groups is 2. The summed E-state index contributed by atoms with van der Waals surface area (Å²) in [5, 5.41) is 9.10. The first kappa shape index (κ1) is 14.3. The highest BCUT2D eigenvalue weighted by atomic mass is 16.4. The van der Waals surface area contributed by atoms with Crippen LogP contribution in [-0.4, -0.2) is 53.5 Å². The van der Waals surface area contributed by atoms with Crippen LogP contribution in [-0.2, 0) is 11.3 Å². The molecule has 106 valence electrons. The highest BCUT2D eigenvalue weighted by Gasteiger charge is 2.30. The number of hydrogen-bond acceptors (Lipinski definition) is 3. The van der Waals surface area contributed by atoms with Gasteiger partial charge in [0.1, 0.15) is 6.04 Å². The van der Waals surface area contributed by atoms with E-state index in [1.54, 1.807) is 18.2 Å². The maximum absolute atomic E-state index is 12.4. The van der Waals surface area contributed by atoms with E-state index in [1.807, 2.05) is 37.2 Å². The summed E-state index contributed by atoms with van der Waals surface area (Å²) in [6.07, 6.45) is 3.25. The zero-order valence-corrected chi connectivity index (χ0v) is 11.6. The summed E-state index contributed by atoms with van der Waals surface area (Å²) in [5.41, 5.74) is 1.55. The molecule has 1 aromatic carbocycles. The zero-order valence-electron chi connectivity index (χ0n) is 11.6. The first-order chi connectivity index (χ1) is 9.49. The summed E-state index contributed by atoms with van der Waals surface area (Å²) >= 11 is 0. The van der Waals surface area contributed by atoms with Crippen LogP contribution < -0.4 is 0 Å². The predicted molar refractivity (Wildman–Crippen MR) is 75.4 cm³/mol. The average Bonchev–Trinajstić information content (AvgIpc) is 2.86. The lowest BCUT2D eigenvalue weighted by Gasteiger charge is -2.21. The van der Waals surface area contributed by atoms with Crippen LogP contribution in [0.2, 0.25) is 0 Å². The van der Waals surface area contributed by atoms with Crippen LogP contribution in [0.5, 0.6) is 0 Å². The van der Waals surface area contributed by atoms with E-state index >= 15 is 0 Å². The van der Waals surface area contributed by atoms with Gasteiger partial charge in [-0.05, 0) is 31.8 Å². The maximum Gasteiger partial charge on any atom is 0.330 e. The van der Waals surface area contributed by atoms with E-state index in [-0.39, 0.29) is 5.91 Å². The third kappa shape index (κ3) is 3.05. The second-order valence-corrected chi connectivity index (χ2v) is 5.11. The molecule has 20 heavy (non-hydrogen) atoms. The summed E-state index contributed by atoms with van der Waals surface area (Å²) in [4.78, 5) is 26.9. The molecule has 0 radical (unpaired) electrons. The SMILES string of the molecule is CN(C)Cc1cccc(C(=O)N2CC=C[C@H]2C(=O)O)c1. The van der Waals surface area contributed by atoms with Gasteiger partial charge < -0.3 is 14.9 Å². The van der Waals surface area contributed by atoms with Crippen molar-refractivity contribution in [2.45, 2.75) is 12.6 Å². The smallest absolute Gasteiger partial charge is 0.330 e. The molecule has 5 heteroatoms. The number of carboxylic acid groups (broad SMARTS) is 1. The highest BCUT2D eigenvalue weighted by Crippen LogP contribution is 2.16. The first-order valence-corrected chi connectivity index (χ1v) is 6.43. The third-order valence-corrected chi connectivity index (χ3v) is 3.14. The Bertz CT molecular complexity index is 552. The molecule has 2 rings (SSSR count). The van der Waals surface area contributed by atoms with E-state index in [0.717, 1.165) is 12.1 Å². The molecule has 0 unspecified atom stereocenters. The van der Waals surface area contributed by atoms with E-state index in [9.17, 15) is 9.59 Å². The number of amides is 1. The van der Waals surface area contributed by atoms with Gasteiger partial charge in [-0.25, -0.2) is 4.79 Å². The van der Waals surface area contributed by atoms with E-state index in [1.165, 1.54) is 4.90 Å². The van der Waals surface area contributed by atoms with Gasteiger partial charge in [0.2, 0.25) is 0 Å². The largest absolute Gasteiger partial charge is 0.479 e. The Kier molecular flexibility index (Phi) is 4.20. The number of carbonyl (C=O) groups excluding carboxylic acids is 1. The van der Waals surface area contributed by atoms with Crippen molar-refractivity contribution in [1.29, 1.82) is 0 Å². The molecule has 0 spiro atoms. The maximum atomic E-state index is 12.4. The van der Waals surface area contributed by atoms with Gasteiger partial charge in [0.05, 0.1) is 0 Å². The van der Waals surface area contributed by atoms with Gasteiger partial charge in [-0.2, -0.15) is 0 Å².